The predicted molar refractivity (Wildman–Crippen MR) is 143 cm³/mol. The van der Waals surface area contributed by atoms with Crippen molar-refractivity contribution >= 4 is 28.6 Å². The first-order chi connectivity index (χ1) is 20.7. The highest BCUT2D eigenvalue weighted by Gasteiger charge is 2.46. The zero-order valence-electron chi connectivity index (χ0n) is 22.1. The molecule has 0 saturated heterocycles. The van der Waals surface area contributed by atoms with Gasteiger partial charge in [0.2, 0.25) is 0 Å². The van der Waals surface area contributed by atoms with Gasteiger partial charge in [-0.05, 0) is 36.4 Å². The number of aromatic nitrogens is 3. The molecule has 1 unspecified atom stereocenters. The molecule has 1 atom stereocenters. The van der Waals surface area contributed by atoms with Crippen molar-refractivity contribution in [2.24, 2.45) is 0 Å². The van der Waals surface area contributed by atoms with Crippen LogP contribution in [0, 0.1) is 5.82 Å². The van der Waals surface area contributed by atoms with Gasteiger partial charge in [0, 0.05) is 35.7 Å². The van der Waals surface area contributed by atoms with Crippen LogP contribution in [0.1, 0.15) is 34.6 Å². The number of amides is 1. The zero-order chi connectivity index (χ0) is 31.6. The second kappa shape index (κ2) is 10.4. The van der Waals surface area contributed by atoms with Crippen molar-refractivity contribution in [3.63, 3.8) is 0 Å². The number of fused-ring (bicyclic) bond motifs is 2. The smallest absolute Gasteiger partial charge is 0.457 e. The van der Waals surface area contributed by atoms with Gasteiger partial charge in [0.15, 0.2) is 5.58 Å². The Morgan fingerprint density at radius 2 is 1.77 bits per heavy atom. The molecule has 1 aliphatic rings. The molecule has 3 aromatic carbocycles. The molecule has 0 spiro atoms. The van der Waals surface area contributed by atoms with Gasteiger partial charge >= 0.3 is 12.1 Å². The summed E-state index contributed by atoms with van der Waals surface area (Å²) in [6.45, 7) is -0.452. The fourth-order valence-corrected chi connectivity index (χ4v) is 5.24. The molecule has 0 bridgehead atoms. The minimum atomic E-state index is -4.97. The highest BCUT2D eigenvalue weighted by Crippen LogP contribution is 2.46. The number of alkyl halides is 5. The maximum atomic E-state index is 15.8. The second-order valence-electron chi connectivity index (χ2n) is 9.89. The van der Waals surface area contributed by atoms with Gasteiger partial charge in [-0.15, -0.1) is 13.2 Å². The van der Waals surface area contributed by atoms with Crippen molar-refractivity contribution in [1.29, 1.82) is 0 Å². The number of nitrogens with zero attached hydrogens (tertiary/aromatic N) is 2. The number of halogens is 7. The predicted octanol–water partition coefficient (Wildman–Crippen LogP) is 7.20. The lowest BCUT2D eigenvalue weighted by Crippen LogP contribution is -2.38. The third-order valence-electron chi connectivity index (χ3n) is 6.64. The summed E-state index contributed by atoms with van der Waals surface area (Å²) >= 11 is 5.85. The summed E-state index contributed by atoms with van der Waals surface area (Å²) in [5.74, 6) is -6.78. The lowest BCUT2D eigenvalue weighted by Gasteiger charge is -2.29. The minimum absolute atomic E-state index is 0.0551. The van der Waals surface area contributed by atoms with Crippen LogP contribution in [0.3, 0.4) is 0 Å². The number of rotatable bonds is 7. The Morgan fingerprint density at radius 3 is 2.45 bits per heavy atom. The van der Waals surface area contributed by atoms with Crippen LogP contribution in [0.4, 0.5) is 26.3 Å². The Hall–Kier alpha value is -4.92. The molecule has 5 aromatic rings. The number of carbonyl (C=O) groups is 1. The van der Waals surface area contributed by atoms with Gasteiger partial charge in [0.05, 0.1) is 23.1 Å². The fourth-order valence-electron chi connectivity index (χ4n) is 5.03. The van der Waals surface area contributed by atoms with E-state index in [1.54, 1.807) is 12.1 Å². The molecule has 16 heteroatoms. The monoisotopic (exact) mass is 638 g/mol. The lowest BCUT2D eigenvalue weighted by atomic mass is 9.95. The Bertz CT molecular complexity index is 1980. The van der Waals surface area contributed by atoms with Crippen LogP contribution < -0.4 is 15.2 Å². The van der Waals surface area contributed by atoms with E-state index in [2.05, 4.69) is 19.9 Å². The number of benzene rings is 3. The largest absolute Gasteiger partial charge is 0.573 e. The van der Waals surface area contributed by atoms with Gasteiger partial charge in [0.25, 0.3) is 11.8 Å². The quantitative estimate of drug-likeness (QED) is 0.182. The Kier molecular flexibility index (Phi) is 6.87. The molecule has 9 nitrogen and oxygen atoms in total. The van der Waals surface area contributed by atoms with Crippen LogP contribution in [-0.4, -0.2) is 44.8 Å². The number of carbonyl (C=O) groups excluding carboxylic acids is 1. The average Bonchev–Trinajstić information content (AvgIpc) is 3.58. The molecule has 1 amide bonds. The van der Waals surface area contributed by atoms with Crippen LogP contribution >= 0.6 is 11.6 Å². The second-order valence-corrected chi connectivity index (χ2v) is 10.3. The molecular weight excluding hydrogens is 622 g/mol. The fraction of sp³-hybridized carbons (Fsp3) is 0.179. The van der Waals surface area contributed by atoms with E-state index in [-0.39, 0.29) is 45.2 Å². The maximum Gasteiger partial charge on any atom is 0.573 e. The van der Waals surface area contributed by atoms with E-state index in [1.807, 2.05) is 0 Å². The molecule has 2 aromatic heterocycles. The molecular formula is C28H17ClF6N4O5. The topological polar surface area (TPSA) is 113 Å². The summed E-state index contributed by atoms with van der Waals surface area (Å²) in [6, 6.07) is 9.76. The number of nitrogens with one attached hydrogen (secondary N) is 2. The van der Waals surface area contributed by atoms with Crippen LogP contribution in [-0.2, 0) is 0 Å². The molecule has 3 heterocycles. The third-order valence-corrected chi connectivity index (χ3v) is 6.94. The van der Waals surface area contributed by atoms with E-state index in [4.69, 9.17) is 20.8 Å². The Morgan fingerprint density at radius 1 is 1.05 bits per heavy atom. The van der Waals surface area contributed by atoms with Gasteiger partial charge in [-0.3, -0.25) is 14.9 Å². The number of hydrogen-bond donors (Lipinski definition) is 2. The van der Waals surface area contributed by atoms with Crippen molar-refractivity contribution in [1.82, 2.24) is 20.1 Å². The molecule has 44 heavy (non-hydrogen) atoms. The summed E-state index contributed by atoms with van der Waals surface area (Å²) in [5, 5.41) is 6.32. The zero-order valence-corrected chi connectivity index (χ0v) is 22.8. The first-order valence-electron chi connectivity index (χ1n) is 12.6. The van der Waals surface area contributed by atoms with Crippen molar-refractivity contribution in [2.45, 2.75) is 25.3 Å². The highest BCUT2D eigenvalue weighted by atomic mass is 35.5. The first-order valence-corrected chi connectivity index (χ1v) is 13.0. The SMILES string of the molecule is CC(F)(F)CN1C(=O)c2[nH]nc(-c3cccc4[nH]c(=O)oc34)c2C1c1ccc(Oc2ccc(OC(F)(F)F)c(Cl)c2)cc1F. The summed E-state index contributed by atoms with van der Waals surface area (Å²) in [5.41, 5.74) is 0.459. The summed E-state index contributed by atoms with van der Waals surface area (Å²) in [4.78, 5) is 28.5. The van der Waals surface area contributed by atoms with Crippen molar-refractivity contribution in [3.8, 4) is 28.5 Å². The summed E-state index contributed by atoms with van der Waals surface area (Å²) in [6.07, 6.45) is -4.97. The van der Waals surface area contributed by atoms with E-state index in [0.29, 0.717) is 12.4 Å². The van der Waals surface area contributed by atoms with Gasteiger partial charge in [-0.25, -0.2) is 18.0 Å². The van der Waals surface area contributed by atoms with E-state index >= 15 is 4.39 Å². The van der Waals surface area contributed by atoms with Crippen LogP contribution in [0.2, 0.25) is 5.02 Å². The van der Waals surface area contributed by atoms with E-state index in [1.165, 1.54) is 18.2 Å². The Balaban J connectivity index is 1.40. The van der Waals surface area contributed by atoms with Gasteiger partial charge in [0.1, 0.15) is 34.5 Å². The molecule has 0 radical (unpaired) electrons. The van der Waals surface area contributed by atoms with Crippen molar-refractivity contribution < 1.29 is 45.0 Å². The Labute approximate surface area is 246 Å². The number of ether oxygens (including phenoxy) is 2. The van der Waals surface area contributed by atoms with Crippen LogP contribution in [0.25, 0.3) is 22.4 Å². The summed E-state index contributed by atoms with van der Waals surface area (Å²) in [7, 11) is 0. The molecule has 2 N–H and O–H groups in total. The van der Waals surface area contributed by atoms with Crippen molar-refractivity contribution in [2.75, 3.05) is 6.54 Å². The number of H-pyrrole nitrogens is 2. The standard InChI is InChI=1S/C28H17ClF6N4O5/c1-27(31,32)11-39-23(20-21(37-38-22(20)25(39)40)15-3-2-4-18-24(15)43-26(41)36-18)14-7-5-13(10-17(14)30)42-12-6-8-19(16(29)9-12)44-28(33,34)35/h2-10,23H,11H2,1H3,(H,36,41)(H,37,38). The lowest BCUT2D eigenvalue weighted by molar-refractivity contribution is -0.274. The molecule has 0 fully saturated rings. The number of para-hydroxylation sites is 1. The molecule has 0 saturated carbocycles. The number of oxazole rings is 1. The maximum absolute atomic E-state index is 15.8. The van der Waals surface area contributed by atoms with Gasteiger partial charge in [-0.2, -0.15) is 5.10 Å². The molecule has 6 rings (SSSR count). The van der Waals surface area contributed by atoms with Crippen molar-refractivity contribution in [3.05, 3.63) is 92.8 Å². The summed E-state index contributed by atoms with van der Waals surface area (Å²) < 4.78 is 96.6. The molecule has 228 valence electrons. The normalized spacial score (nSPS) is 15.2. The average molecular weight is 639 g/mol. The van der Waals surface area contributed by atoms with Gasteiger partial charge in [-0.1, -0.05) is 17.7 Å². The van der Waals surface area contributed by atoms with E-state index in [9.17, 15) is 31.5 Å². The van der Waals surface area contributed by atoms with Crippen LogP contribution in [0.5, 0.6) is 17.2 Å². The minimum Gasteiger partial charge on any atom is -0.457 e. The molecule has 0 aliphatic carbocycles. The highest BCUT2D eigenvalue weighted by molar-refractivity contribution is 6.32. The van der Waals surface area contributed by atoms with E-state index < -0.39 is 53.1 Å². The third kappa shape index (κ3) is 5.45. The van der Waals surface area contributed by atoms with Gasteiger partial charge < -0.3 is 18.8 Å². The van der Waals surface area contributed by atoms with E-state index in [0.717, 1.165) is 29.2 Å². The number of aromatic amines is 2. The first kappa shape index (κ1) is 29.2. The van der Waals surface area contributed by atoms with Crippen LogP contribution in [0.15, 0.2) is 63.8 Å². The number of hydrogen-bond acceptors (Lipinski definition) is 6. The molecule has 1 aliphatic heterocycles.